The van der Waals surface area contributed by atoms with Gasteiger partial charge in [-0.05, 0) is 49.7 Å². The molecule has 3 aromatic rings. The third-order valence-electron chi connectivity index (χ3n) is 3.77. The third kappa shape index (κ3) is 6.19. The summed E-state index contributed by atoms with van der Waals surface area (Å²) in [5.41, 5.74) is 2.46. The van der Waals surface area contributed by atoms with Gasteiger partial charge in [0.05, 0.1) is 5.56 Å². The molecule has 132 valence electrons. The monoisotopic (exact) mass is 436 g/mol. The van der Waals surface area contributed by atoms with Crippen LogP contribution in [-0.2, 0) is 32.7 Å². The van der Waals surface area contributed by atoms with Crippen LogP contribution in [0.4, 0.5) is 0 Å². The van der Waals surface area contributed by atoms with Gasteiger partial charge in [0.15, 0.2) is 0 Å². The number of carbonyl (C=O) groups excluding carboxylic acids is 1. The second kappa shape index (κ2) is 10.2. The molecule has 0 N–H and O–H groups in total. The first-order valence-corrected chi connectivity index (χ1v) is 8.23. The maximum absolute atomic E-state index is 12.2. The topological polar surface area (TPSA) is 44.8 Å². The van der Waals surface area contributed by atoms with Crippen LogP contribution in [-0.4, -0.2) is 12.8 Å². The zero-order valence-electron chi connectivity index (χ0n) is 15.3. The summed E-state index contributed by atoms with van der Waals surface area (Å²) in [6, 6.07) is 22.6. The van der Waals surface area contributed by atoms with E-state index in [1.165, 1.54) is 0 Å². The molecule has 0 spiro atoms. The fourth-order valence-electron chi connectivity index (χ4n) is 2.33. The second-order valence-corrected chi connectivity index (χ2v) is 5.83. The number of hydrogen-bond donors (Lipinski definition) is 0. The Kier molecular flexibility index (Phi) is 8.02. The molecule has 0 fully saturated rings. The van der Waals surface area contributed by atoms with Crippen LogP contribution < -0.4 is 14.2 Å². The Hall–Kier alpha value is -2.17. The van der Waals surface area contributed by atoms with Gasteiger partial charge >= 0.3 is 38.7 Å². The number of aryl methyl sites for hydroxylation is 2. The molecule has 0 aliphatic rings. The molecule has 3 aromatic carbocycles. The van der Waals surface area contributed by atoms with Gasteiger partial charge < -0.3 is 14.2 Å². The summed E-state index contributed by atoms with van der Waals surface area (Å²) in [5.74, 6) is 1.47. The van der Waals surface area contributed by atoms with Gasteiger partial charge in [-0.25, -0.2) is 4.79 Å². The Balaban J connectivity index is 0.00000261. The molecule has 0 heterocycles. The van der Waals surface area contributed by atoms with Crippen LogP contribution in [0.5, 0.6) is 17.2 Å². The Morgan fingerprint density at radius 2 is 1.59 bits per heavy atom. The number of esters is 1. The third-order valence-corrected chi connectivity index (χ3v) is 3.77. The van der Waals surface area contributed by atoms with Crippen molar-refractivity contribution in [3.05, 3.63) is 89.5 Å². The first-order chi connectivity index (χ1) is 12.6. The van der Waals surface area contributed by atoms with Gasteiger partial charge in [-0.1, -0.05) is 17.7 Å². The van der Waals surface area contributed by atoms with Crippen molar-refractivity contribution in [3.8, 4) is 17.2 Å². The minimum absolute atomic E-state index is 0. The largest absolute Gasteiger partial charge is 3.00 e. The molecular formula is C22H19O4Y+2. The van der Waals surface area contributed by atoms with Crippen LogP contribution in [0.15, 0.2) is 66.7 Å². The number of ether oxygens (including phenoxy) is 3. The summed E-state index contributed by atoms with van der Waals surface area (Å²) in [6.45, 7) is 3.94. The second-order valence-electron chi connectivity index (χ2n) is 5.83. The van der Waals surface area contributed by atoms with Gasteiger partial charge in [0.1, 0.15) is 11.5 Å². The zero-order chi connectivity index (χ0) is 18.4. The van der Waals surface area contributed by atoms with E-state index in [0.29, 0.717) is 22.8 Å². The van der Waals surface area contributed by atoms with Crippen LogP contribution in [0, 0.1) is 19.9 Å². The molecule has 0 atom stereocenters. The van der Waals surface area contributed by atoms with Crippen LogP contribution in [0.1, 0.15) is 21.5 Å². The maximum Gasteiger partial charge on any atom is 3.00 e. The summed E-state index contributed by atoms with van der Waals surface area (Å²) >= 11 is 0. The van der Waals surface area contributed by atoms with E-state index in [1.807, 2.05) is 38.1 Å². The van der Waals surface area contributed by atoms with Crippen molar-refractivity contribution in [3.63, 3.8) is 0 Å². The van der Waals surface area contributed by atoms with Gasteiger partial charge in [-0.15, -0.1) is 12.1 Å². The molecule has 0 radical (unpaired) electrons. The van der Waals surface area contributed by atoms with Crippen molar-refractivity contribution in [1.82, 2.24) is 0 Å². The molecule has 27 heavy (non-hydrogen) atoms. The molecule has 0 aliphatic carbocycles. The van der Waals surface area contributed by atoms with E-state index < -0.39 is 0 Å². The van der Waals surface area contributed by atoms with Crippen molar-refractivity contribution < 1.29 is 51.7 Å². The molecule has 0 saturated carbocycles. The standard InChI is InChI=1S/C22H19O4.Y/c1-16-8-10-18(11-9-16)22(23)26-20-12-13-21(17(2)14-20)25-15-24-19-6-4-3-5-7-19;/h4-14H,15H2,1-2H3;/q-1;+3. The fourth-order valence-corrected chi connectivity index (χ4v) is 2.33. The minimum atomic E-state index is -0.387. The van der Waals surface area contributed by atoms with Crippen molar-refractivity contribution in [2.75, 3.05) is 6.79 Å². The number of hydrogen-bond acceptors (Lipinski definition) is 4. The van der Waals surface area contributed by atoms with Gasteiger partial charge in [0.25, 0.3) is 0 Å². The fraction of sp³-hybridized carbons (Fsp3) is 0.136. The minimum Gasteiger partial charge on any atom is -0.483 e. The van der Waals surface area contributed by atoms with Crippen molar-refractivity contribution in [2.45, 2.75) is 13.8 Å². The maximum atomic E-state index is 12.2. The summed E-state index contributed by atoms with van der Waals surface area (Å²) < 4.78 is 16.5. The van der Waals surface area contributed by atoms with Crippen LogP contribution in [0.25, 0.3) is 0 Å². The zero-order valence-corrected chi connectivity index (χ0v) is 18.1. The molecule has 0 aromatic heterocycles. The molecule has 0 aliphatic heterocycles. The molecular weight excluding hydrogens is 417 g/mol. The summed E-state index contributed by atoms with van der Waals surface area (Å²) in [5, 5.41) is 0. The van der Waals surface area contributed by atoms with E-state index in [1.54, 1.807) is 42.5 Å². The van der Waals surface area contributed by atoms with Crippen molar-refractivity contribution in [1.29, 1.82) is 0 Å². The van der Waals surface area contributed by atoms with E-state index >= 15 is 0 Å². The van der Waals surface area contributed by atoms with Gasteiger partial charge in [0.2, 0.25) is 6.79 Å². The molecule has 5 heteroatoms. The quantitative estimate of drug-likeness (QED) is 0.243. The van der Waals surface area contributed by atoms with Crippen molar-refractivity contribution >= 4 is 5.97 Å². The first-order valence-electron chi connectivity index (χ1n) is 8.23. The van der Waals surface area contributed by atoms with Crippen LogP contribution >= 0.6 is 0 Å². The normalized spacial score (nSPS) is 9.85. The summed E-state index contributed by atoms with van der Waals surface area (Å²) in [6.07, 6.45) is 0. The van der Waals surface area contributed by atoms with E-state index in [4.69, 9.17) is 14.2 Å². The Labute approximate surface area is 184 Å². The predicted molar refractivity (Wildman–Crippen MR) is 98.7 cm³/mol. The average Bonchev–Trinajstić information content (AvgIpc) is 2.65. The van der Waals surface area contributed by atoms with Crippen LogP contribution in [0.3, 0.4) is 0 Å². The number of benzene rings is 3. The Morgan fingerprint density at radius 3 is 2.26 bits per heavy atom. The number of carbonyl (C=O) groups is 1. The van der Waals surface area contributed by atoms with E-state index in [9.17, 15) is 4.79 Å². The Morgan fingerprint density at radius 1 is 0.889 bits per heavy atom. The van der Waals surface area contributed by atoms with E-state index in [2.05, 4.69) is 6.07 Å². The Bertz CT molecular complexity index is 877. The van der Waals surface area contributed by atoms with Crippen LogP contribution in [0.2, 0.25) is 0 Å². The molecule has 0 bridgehead atoms. The summed E-state index contributed by atoms with van der Waals surface area (Å²) in [7, 11) is 0. The molecule has 4 nitrogen and oxygen atoms in total. The molecule has 0 amide bonds. The average molecular weight is 436 g/mol. The summed E-state index contributed by atoms with van der Waals surface area (Å²) in [4.78, 5) is 12.2. The smallest absolute Gasteiger partial charge is 0.483 e. The van der Waals surface area contributed by atoms with Gasteiger partial charge in [-0.2, -0.15) is 18.2 Å². The van der Waals surface area contributed by atoms with E-state index in [0.717, 1.165) is 11.1 Å². The molecule has 0 saturated heterocycles. The van der Waals surface area contributed by atoms with Gasteiger partial charge in [0, 0.05) is 5.75 Å². The van der Waals surface area contributed by atoms with E-state index in [-0.39, 0.29) is 45.5 Å². The SMILES string of the molecule is Cc1ccc(C(=O)Oc2ccc(OCOc3cc[c-]cc3)c(C)c2)cc1.[Y+3]. The first kappa shape index (κ1) is 21.1. The predicted octanol–water partition coefficient (Wildman–Crippen LogP) is 4.74. The molecule has 3 rings (SSSR count). The van der Waals surface area contributed by atoms with Gasteiger partial charge in [-0.3, -0.25) is 0 Å². The number of rotatable bonds is 6. The van der Waals surface area contributed by atoms with Crippen molar-refractivity contribution in [2.24, 2.45) is 0 Å². The molecule has 0 unspecified atom stereocenters.